The largest absolute Gasteiger partial charge is 0.418 e. The molecule has 11 heteroatoms. The van der Waals surface area contributed by atoms with E-state index in [0.29, 0.717) is 0 Å². The number of halogens is 6. The Hall–Kier alpha value is -1.00. The smallest absolute Gasteiger partial charge is 0.325 e. The van der Waals surface area contributed by atoms with Crippen molar-refractivity contribution in [3.05, 3.63) is 23.0 Å². The third kappa shape index (κ3) is 3.51. The first kappa shape index (κ1) is 16.1. The fraction of sp³-hybridized carbons (Fsp3) is 0.375. The zero-order chi connectivity index (χ0) is 15.0. The quantitative estimate of drug-likeness (QED) is 0.684. The molecule has 0 saturated heterocycles. The van der Waals surface area contributed by atoms with Crippen molar-refractivity contribution in [3.63, 3.8) is 0 Å². The predicted molar refractivity (Wildman–Crippen MR) is 55.1 cm³/mol. The Kier molecular flexibility index (Phi) is 4.37. The molecule has 0 fully saturated rings. The third-order valence-corrected chi connectivity index (χ3v) is 3.44. The zero-order valence-electron chi connectivity index (χ0n) is 8.88. The maximum absolute atomic E-state index is 12.6. The standard InChI is InChI=1S/C8H6ClF5N2O2S/c9-19(17,18)5-1-3(8(12,13)14)6(7(10)11)16-4(5)2-15/h1,7H,2,15H2. The number of rotatable bonds is 3. The van der Waals surface area contributed by atoms with E-state index in [9.17, 15) is 30.4 Å². The van der Waals surface area contributed by atoms with Crippen molar-refractivity contribution in [2.75, 3.05) is 0 Å². The first-order valence-corrected chi connectivity index (χ1v) is 6.83. The minimum Gasteiger partial charge on any atom is -0.325 e. The highest BCUT2D eigenvalue weighted by Crippen LogP contribution is 2.37. The SMILES string of the molecule is NCc1nc(C(F)F)c(C(F)(F)F)cc1S(=O)(=O)Cl. The van der Waals surface area contributed by atoms with Crippen molar-refractivity contribution in [2.45, 2.75) is 24.0 Å². The van der Waals surface area contributed by atoms with E-state index in [2.05, 4.69) is 4.98 Å². The van der Waals surface area contributed by atoms with Gasteiger partial charge in [-0.15, -0.1) is 0 Å². The minimum absolute atomic E-state index is 0.0129. The number of hydrogen-bond acceptors (Lipinski definition) is 4. The van der Waals surface area contributed by atoms with Gasteiger partial charge in [-0.3, -0.25) is 0 Å². The van der Waals surface area contributed by atoms with Crippen molar-refractivity contribution in [3.8, 4) is 0 Å². The van der Waals surface area contributed by atoms with E-state index in [1.54, 1.807) is 0 Å². The topological polar surface area (TPSA) is 73.0 Å². The fourth-order valence-electron chi connectivity index (χ4n) is 1.30. The van der Waals surface area contributed by atoms with Crippen molar-refractivity contribution in [1.82, 2.24) is 4.98 Å². The number of aromatic nitrogens is 1. The lowest BCUT2D eigenvalue weighted by atomic mass is 10.1. The Bertz CT molecular complexity index is 588. The van der Waals surface area contributed by atoms with Gasteiger partial charge in [0.2, 0.25) is 0 Å². The summed E-state index contributed by atoms with van der Waals surface area (Å²) in [6.45, 7) is -0.654. The molecule has 0 bridgehead atoms. The van der Waals surface area contributed by atoms with Crippen molar-refractivity contribution < 1.29 is 30.4 Å². The van der Waals surface area contributed by atoms with Gasteiger partial charge in [0.1, 0.15) is 10.6 Å². The van der Waals surface area contributed by atoms with Crippen LogP contribution in [0.4, 0.5) is 22.0 Å². The second-order valence-corrected chi connectivity index (χ2v) is 5.84. The van der Waals surface area contributed by atoms with Gasteiger partial charge in [-0.1, -0.05) is 0 Å². The second kappa shape index (κ2) is 5.17. The summed E-state index contributed by atoms with van der Waals surface area (Å²) < 4.78 is 84.9. The summed E-state index contributed by atoms with van der Waals surface area (Å²) in [6.07, 6.45) is -8.73. The number of nitrogens with zero attached hydrogens (tertiary/aromatic N) is 1. The molecular formula is C8H6ClF5N2O2S. The second-order valence-electron chi connectivity index (χ2n) is 3.31. The van der Waals surface area contributed by atoms with Crippen LogP contribution in [0.1, 0.15) is 23.4 Å². The summed E-state index contributed by atoms with van der Waals surface area (Å²) in [7, 11) is 0.332. The molecule has 19 heavy (non-hydrogen) atoms. The first-order chi connectivity index (χ1) is 8.48. The molecular weight excluding hydrogens is 319 g/mol. The molecule has 0 amide bonds. The van der Waals surface area contributed by atoms with Gasteiger partial charge < -0.3 is 5.73 Å². The van der Waals surface area contributed by atoms with Gasteiger partial charge in [-0.2, -0.15) is 13.2 Å². The Morgan fingerprint density at radius 1 is 1.37 bits per heavy atom. The van der Waals surface area contributed by atoms with Gasteiger partial charge in [0, 0.05) is 17.2 Å². The molecule has 0 saturated carbocycles. The van der Waals surface area contributed by atoms with Gasteiger partial charge in [0.25, 0.3) is 15.5 Å². The molecule has 0 radical (unpaired) electrons. The van der Waals surface area contributed by atoms with E-state index in [4.69, 9.17) is 16.4 Å². The van der Waals surface area contributed by atoms with E-state index < -0.39 is 50.0 Å². The lowest BCUT2D eigenvalue weighted by molar-refractivity contribution is -0.140. The summed E-state index contributed by atoms with van der Waals surface area (Å²) in [5.74, 6) is 0. The Morgan fingerprint density at radius 3 is 2.21 bits per heavy atom. The predicted octanol–water partition coefficient (Wildman–Crippen LogP) is 2.42. The number of hydrogen-bond donors (Lipinski definition) is 1. The Labute approximate surface area is 108 Å². The van der Waals surface area contributed by atoms with Crippen LogP contribution < -0.4 is 5.73 Å². The van der Waals surface area contributed by atoms with Crippen molar-refractivity contribution >= 4 is 19.7 Å². The monoisotopic (exact) mass is 324 g/mol. The van der Waals surface area contributed by atoms with Crippen molar-refractivity contribution in [2.24, 2.45) is 5.73 Å². The van der Waals surface area contributed by atoms with Gasteiger partial charge in [-0.05, 0) is 6.07 Å². The zero-order valence-corrected chi connectivity index (χ0v) is 10.5. The van der Waals surface area contributed by atoms with E-state index in [0.717, 1.165) is 0 Å². The molecule has 1 aromatic rings. The molecule has 0 aliphatic heterocycles. The molecule has 0 aliphatic carbocycles. The number of alkyl halides is 5. The van der Waals surface area contributed by atoms with Crippen LogP contribution in [0.3, 0.4) is 0 Å². The number of nitrogens with two attached hydrogens (primary N) is 1. The van der Waals surface area contributed by atoms with E-state index >= 15 is 0 Å². The van der Waals surface area contributed by atoms with Crippen LogP contribution in [0.15, 0.2) is 11.0 Å². The van der Waals surface area contributed by atoms with Crippen LogP contribution in [0.25, 0.3) is 0 Å². The van der Waals surface area contributed by atoms with E-state index in [1.807, 2.05) is 0 Å². The lowest BCUT2D eigenvalue weighted by Crippen LogP contribution is -2.17. The average Bonchev–Trinajstić information content (AvgIpc) is 2.24. The molecule has 108 valence electrons. The summed E-state index contributed by atoms with van der Waals surface area (Å²) in [6, 6.07) is 0.0129. The molecule has 0 spiro atoms. The van der Waals surface area contributed by atoms with Gasteiger partial charge in [0.15, 0.2) is 0 Å². The summed E-state index contributed by atoms with van der Waals surface area (Å²) in [4.78, 5) is 1.93. The normalized spacial score (nSPS) is 13.1. The first-order valence-electron chi connectivity index (χ1n) is 4.52. The molecule has 1 rings (SSSR count). The van der Waals surface area contributed by atoms with Crippen LogP contribution >= 0.6 is 10.7 Å². The molecule has 1 aromatic heterocycles. The minimum atomic E-state index is -5.19. The van der Waals surface area contributed by atoms with Crippen LogP contribution in [-0.4, -0.2) is 13.4 Å². The maximum atomic E-state index is 12.6. The summed E-state index contributed by atoms with van der Waals surface area (Å²) in [5, 5.41) is 0. The van der Waals surface area contributed by atoms with Gasteiger partial charge in [-0.25, -0.2) is 22.2 Å². The summed E-state index contributed by atoms with van der Waals surface area (Å²) >= 11 is 0. The number of pyridine rings is 1. The van der Waals surface area contributed by atoms with Crippen LogP contribution in [-0.2, 0) is 21.8 Å². The van der Waals surface area contributed by atoms with Crippen molar-refractivity contribution in [1.29, 1.82) is 0 Å². The Balaban J connectivity index is 3.72. The molecule has 4 nitrogen and oxygen atoms in total. The molecule has 1 heterocycles. The molecule has 0 unspecified atom stereocenters. The summed E-state index contributed by atoms with van der Waals surface area (Å²) in [5.41, 5.74) is 0.961. The fourth-order valence-corrected chi connectivity index (χ4v) is 2.37. The average molecular weight is 325 g/mol. The van der Waals surface area contributed by atoms with E-state index in [-0.39, 0.29) is 6.07 Å². The van der Waals surface area contributed by atoms with Crippen LogP contribution in [0.5, 0.6) is 0 Å². The highest BCUT2D eigenvalue weighted by atomic mass is 35.7. The molecule has 0 aromatic carbocycles. The van der Waals surface area contributed by atoms with E-state index in [1.165, 1.54) is 0 Å². The van der Waals surface area contributed by atoms with Gasteiger partial charge >= 0.3 is 6.18 Å². The molecule has 2 N–H and O–H groups in total. The molecule has 0 atom stereocenters. The highest BCUT2D eigenvalue weighted by Gasteiger charge is 2.39. The van der Waals surface area contributed by atoms with Crippen LogP contribution in [0.2, 0.25) is 0 Å². The lowest BCUT2D eigenvalue weighted by Gasteiger charge is -2.14. The molecule has 0 aliphatic rings. The van der Waals surface area contributed by atoms with Crippen LogP contribution in [0, 0.1) is 0 Å². The van der Waals surface area contributed by atoms with Gasteiger partial charge in [0.05, 0.1) is 11.3 Å². The highest BCUT2D eigenvalue weighted by molar-refractivity contribution is 8.13. The third-order valence-electron chi connectivity index (χ3n) is 2.06. The maximum Gasteiger partial charge on any atom is 0.418 e. The Morgan fingerprint density at radius 2 is 1.89 bits per heavy atom.